The van der Waals surface area contributed by atoms with Gasteiger partial charge in [0.1, 0.15) is 6.61 Å². The predicted molar refractivity (Wildman–Crippen MR) is 77.3 cm³/mol. The normalized spacial score (nSPS) is 10.1. The van der Waals surface area contributed by atoms with E-state index < -0.39 is 6.09 Å². The van der Waals surface area contributed by atoms with E-state index in [0.717, 1.165) is 16.8 Å². The smallest absolute Gasteiger partial charge is 0.407 e. The fourth-order valence-electron chi connectivity index (χ4n) is 1.59. The number of nitrogens with zero attached hydrogens (tertiary/aromatic N) is 1. The summed E-state index contributed by atoms with van der Waals surface area (Å²) >= 11 is 5.70. The molecule has 104 valence electrons. The largest absolute Gasteiger partial charge is 0.445 e. The Balaban J connectivity index is 1.74. The van der Waals surface area contributed by atoms with E-state index in [1.165, 1.54) is 0 Å². The first kappa shape index (κ1) is 14.3. The fraction of sp³-hybridized carbons (Fsp3) is 0.200. The molecule has 0 spiro atoms. The number of hydrogen-bond donors (Lipinski definition) is 1. The number of carbonyl (C=O) groups is 1. The van der Waals surface area contributed by atoms with E-state index in [1.807, 2.05) is 42.5 Å². The van der Waals surface area contributed by atoms with Crippen molar-refractivity contribution in [3.05, 3.63) is 65.5 Å². The second-order valence-corrected chi connectivity index (χ2v) is 4.47. The molecule has 0 aliphatic carbocycles. The van der Waals surface area contributed by atoms with Crippen molar-refractivity contribution in [1.82, 2.24) is 10.3 Å². The first-order valence-corrected chi connectivity index (χ1v) is 6.75. The van der Waals surface area contributed by atoms with E-state index in [-0.39, 0.29) is 6.61 Å². The number of amides is 1. The van der Waals surface area contributed by atoms with Crippen LogP contribution < -0.4 is 5.32 Å². The molecule has 2 rings (SSSR count). The third-order valence-electron chi connectivity index (χ3n) is 2.69. The summed E-state index contributed by atoms with van der Waals surface area (Å²) in [6.07, 6.45) is 1.22. The van der Waals surface area contributed by atoms with Gasteiger partial charge < -0.3 is 10.1 Å². The average molecular weight is 291 g/mol. The van der Waals surface area contributed by atoms with Gasteiger partial charge in [-0.1, -0.05) is 30.3 Å². The molecule has 2 aromatic rings. The van der Waals surface area contributed by atoms with Crippen molar-refractivity contribution < 1.29 is 9.53 Å². The van der Waals surface area contributed by atoms with Crippen LogP contribution in [0.4, 0.5) is 4.79 Å². The summed E-state index contributed by atoms with van der Waals surface area (Å²) < 4.78 is 5.11. The Hall–Kier alpha value is -2.07. The monoisotopic (exact) mass is 290 g/mol. The van der Waals surface area contributed by atoms with Crippen molar-refractivity contribution in [1.29, 1.82) is 0 Å². The molecule has 0 bridgehead atoms. The van der Waals surface area contributed by atoms with Gasteiger partial charge in [-0.05, 0) is 23.3 Å². The van der Waals surface area contributed by atoms with Crippen LogP contribution in [0.1, 0.15) is 16.8 Å². The summed E-state index contributed by atoms with van der Waals surface area (Å²) in [5, 5.41) is 2.65. The van der Waals surface area contributed by atoms with Crippen LogP contribution in [0.25, 0.3) is 0 Å². The minimum atomic E-state index is -0.461. The molecule has 0 aliphatic rings. The van der Waals surface area contributed by atoms with E-state index >= 15 is 0 Å². The number of pyridine rings is 1. The molecular formula is C15H15ClN2O2. The summed E-state index contributed by atoms with van der Waals surface area (Å²) in [6.45, 7) is 0.585. The highest BCUT2D eigenvalue weighted by molar-refractivity contribution is 6.17. The van der Waals surface area contributed by atoms with Crippen LogP contribution in [0, 0.1) is 0 Å². The van der Waals surface area contributed by atoms with Gasteiger partial charge in [0.25, 0.3) is 0 Å². The number of nitrogens with one attached hydrogen (secondary N) is 1. The van der Waals surface area contributed by atoms with Gasteiger partial charge in [0.05, 0.1) is 12.2 Å². The van der Waals surface area contributed by atoms with Crippen LogP contribution in [0.3, 0.4) is 0 Å². The van der Waals surface area contributed by atoms with Gasteiger partial charge in [-0.15, -0.1) is 11.6 Å². The molecule has 0 fully saturated rings. The fourth-order valence-corrected chi connectivity index (χ4v) is 1.77. The van der Waals surface area contributed by atoms with Crippen LogP contribution >= 0.6 is 11.6 Å². The lowest BCUT2D eigenvalue weighted by atomic mass is 10.2. The summed E-state index contributed by atoms with van der Waals surface area (Å²) in [4.78, 5) is 15.6. The van der Waals surface area contributed by atoms with Crippen LogP contribution in [0.5, 0.6) is 0 Å². The van der Waals surface area contributed by atoms with E-state index in [4.69, 9.17) is 16.3 Å². The maximum absolute atomic E-state index is 11.5. The lowest BCUT2D eigenvalue weighted by Gasteiger charge is -2.07. The van der Waals surface area contributed by atoms with Gasteiger partial charge in [0.2, 0.25) is 0 Å². The lowest BCUT2D eigenvalue weighted by Crippen LogP contribution is -2.24. The number of rotatable bonds is 5. The third kappa shape index (κ3) is 4.55. The topological polar surface area (TPSA) is 51.2 Å². The van der Waals surface area contributed by atoms with E-state index in [2.05, 4.69) is 10.3 Å². The summed E-state index contributed by atoms with van der Waals surface area (Å²) in [7, 11) is 0. The Bertz CT molecular complexity index is 544. The summed E-state index contributed by atoms with van der Waals surface area (Å²) in [5.41, 5.74) is 2.75. The summed E-state index contributed by atoms with van der Waals surface area (Å²) in [5.74, 6) is 0.478. The Labute approximate surface area is 122 Å². The number of aromatic nitrogens is 1. The molecule has 0 atom stereocenters. The molecule has 1 heterocycles. The minimum Gasteiger partial charge on any atom is -0.445 e. The first-order valence-electron chi connectivity index (χ1n) is 6.22. The quantitative estimate of drug-likeness (QED) is 0.860. The molecule has 5 heteroatoms. The van der Waals surface area contributed by atoms with Gasteiger partial charge in [-0.2, -0.15) is 0 Å². The molecule has 1 amide bonds. The molecule has 0 aliphatic heterocycles. The molecule has 1 N–H and O–H groups in total. The Morgan fingerprint density at radius 1 is 1.15 bits per heavy atom. The van der Waals surface area contributed by atoms with Crippen molar-refractivity contribution in [3.8, 4) is 0 Å². The first-order chi connectivity index (χ1) is 9.78. The maximum Gasteiger partial charge on any atom is 0.407 e. The number of carbonyl (C=O) groups excluding carboxylic acids is 1. The van der Waals surface area contributed by atoms with Crippen LogP contribution in [0.15, 0.2) is 48.7 Å². The highest BCUT2D eigenvalue weighted by Gasteiger charge is 2.03. The molecule has 0 radical (unpaired) electrons. The molecule has 1 aromatic carbocycles. The molecule has 0 saturated carbocycles. The third-order valence-corrected chi connectivity index (χ3v) is 3.00. The zero-order chi connectivity index (χ0) is 14.2. The van der Waals surface area contributed by atoms with Gasteiger partial charge in [-0.3, -0.25) is 4.98 Å². The van der Waals surface area contributed by atoms with Gasteiger partial charge in [0.15, 0.2) is 0 Å². The second kappa shape index (κ2) is 7.50. The molecule has 4 nitrogen and oxygen atoms in total. The minimum absolute atomic E-state index is 0.233. The van der Waals surface area contributed by atoms with Gasteiger partial charge >= 0.3 is 6.09 Å². The zero-order valence-corrected chi connectivity index (χ0v) is 11.6. The maximum atomic E-state index is 11.5. The molecule has 0 unspecified atom stereocenters. The van der Waals surface area contributed by atoms with Gasteiger partial charge in [0, 0.05) is 12.1 Å². The molecule has 0 saturated heterocycles. The van der Waals surface area contributed by atoms with Crippen molar-refractivity contribution in [2.45, 2.75) is 19.0 Å². The molecular weight excluding hydrogens is 276 g/mol. The van der Waals surface area contributed by atoms with Crippen molar-refractivity contribution in [3.63, 3.8) is 0 Å². The number of halogens is 1. The number of benzene rings is 1. The number of ether oxygens (including phenoxy) is 1. The van der Waals surface area contributed by atoms with E-state index in [1.54, 1.807) is 6.20 Å². The number of alkyl carbamates (subject to hydrolysis) is 1. The van der Waals surface area contributed by atoms with Gasteiger partial charge in [-0.25, -0.2) is 4.79 Å². The predicted octanol–water partition coefficient (Wildman–Crippen LogP) is 3.25. The highest BCUT2D eigenvalue weighted by atomic mass is 35.5. The second-order valence-electron chi connectivity index (χ2n) is 4.20. The van der Waals surface area contributed by atoms with Crippen LogP contribution in [0.2, 0.25) is 0 Å². The Kier molecular flexibility index (Phi) is 5.38. The number of hydrogen-bond acceptors (Lipinski definition) is 3. The molecule has 20 heavy (non-hydrogen) atoms. The zero-order valence-electron chi connectivity index (χ0n) is 10.9. The van der Waals surface area contributed by atoms with Crippen molar-refractivity contribution >= 4 is 17.7 Å². The Morgan fingerprint density at radius 3 is 2.55 bits per heavy atom. The highest BCUT2D eigenvalue weighted by Crippen LogP contribution is 2.08. The summed E-state index contributed by atoms with van der Waals surface area (Å²) in [6, 6.07) is 13.1. The van der Waals surface area contributed by atoms with Crippen LogP contribution in [-0.2, 0) is 23.8 Å². The molecule has 1 aromatic heterocycles. The average Bonchev–Trinajstić information content (AvgIpc) is 2.52. The van der Waals surface area contributed by atoms with Crippen LogP contribution in [-0.4, -0.2) is 11.1 Å². The van der Waals surface area contributed by atoms with Crippen molar-refractivity contribution in [2.75, 3.05) is 0 Å². The standard InChI is InChI=1S/C15H15ClN2O2/c16-9-12-4-6-13(7-5-12)11-20-15(19)18-10-14-3-1-2-8-17-14/h1-8H,9-11H2,(H,18,19). The van der Waals surface area contributed by atoms with E-state index in [0.29, 0.717) is 12.4 Å². The van der Waals surface area contributed by atoms with Crippen molar-refractivity contribution in [2.24, 2.45) is 0 Å². The number of alkyl halides is 1. The lowest BCUT2D eigenvalue weighted by molar-refractivity contribution is 0.139. The Morgan fingerprint density at radius 2 is 1.90 bits per heavy atom. The van der Waals surface area contributed by atoms with E-state index in [9.17, 15) is 4.79 Å². The SMILES string of the molecule is O=C(NCc1ccccn1)OCc1ccc(CCl)cc1.